The van der Waals surface area contributed by atoms with Crippen molar-refractivity contribution in [1.29, 1.82) is 0 Å². The lowest BCUT2D eigenvalue weighted by Crippen LogP contribution is -2.34. The number of carbonyl (C=O) groups is 1. The normalized spacial score (nSPS) is 11.3. The van der Waals surface area contributed by atoms with E-state index in [1.54, 1.807) is 18.2 Å². The summed E-state index contributed by atoms with van der Waals surface area (Å²) in [5.74, 6) is -2.54. The number of nitrogens with zero attached hydrogens (tertiary/aromatic N) is 6. The highest BCUT2D eigenvalue weighted by atomic mass is 32.2. The molecule has 4 aromatic rings. The number of hydrogen-bond acceptors (Lipinski definition) is 11. The number of halogens is 2. The van der Waals surface area contributed by atoms with E-state index >= 15 is 0 Å². The number of ether oxygens (including phenoxy) is 3. The van der Waals surface area contributed by atoms with Gasteiger partial charge in [0.1, 0.15) is 34.5 Å². The number of amides is 1. The van der Waals surface area contributed by atoms with E-state index in [-0.39, 0.29) is 34.5 Å². The highest BCUT2D eigenvalue weighted by molar-refractivity contribution is 7.89. The Labute approximate surface area is 214 Å². The minimum absolute atomic E-state index is 0.0248. The molecule has 0 aliphatic carbocycles. The first-order valence-corrected chi connectivity index (χ1v) is 12.3. The number of aromatic nitrogens is 6. The molecule has 3 aromatic heterocycles. The molecule has 198 valence electrons. The van der Waals surface area contributed by atoms with Gasteiger partial charge in [0.05, 0.1) is 14.2 Å². The Hall–Kier alpha value is -4.73. The van der Waals surface area contributed by atoms with Gasteiger partial charge in [-0.2, -0.15) is 8.78 Å². The summed E-state index contributed by atoms with van der Waals surface area (Å²) < 4.78 is 69.2. The number of sulfonamides is 1. The van der Waals surface area contributed by atoms with Crippen molar-refractivity contribution in [2.75, 3.05) is 14.2 Å². The van der Waals surface area contributed by atoms with E-state index in [4.69, 9.17) is 9.47 Å². The highest BCUT2D eigenvalue weighted by Gasteiger charge is 2.29. The molecule has 38 heavy (non-hydrogen) atoms. The van der Waals surface area contributed by atoms with Crippen LogP contribution in [0.5, 0.6) is 17.4 Å². The topological polar surface area (TPSA) is 160 Å². The number of methoxy groups -OCH3 is 2. The van der Waals surface area contributed by atoms with Crippen LogP contribution in [0, 0.1) is 0 Å². The lowest BCUT2D eigenvalue weighted by Gasteiger charge is -2.17. The Bertz CT molecular complexity index is 1530. The van der Waals surface area contributed by atoms with Crippen molar-refractivity contribution in [2.24, 2.45) is 0 Å². The zero-order chi connectivity index (χ0) is 27.3. The molecule has 0 atom stereocenters. The first-order valence-electron chi connectivity index (χ1n) is 10.6. The second-order valence-corrected chi connectivity index (χ2v) is 9.01. The summed E-state index contributed by atoms with van der Waals surface area (Å²) in [7, 11) is -1.55. The van der Waals surface area contributed by atoms with Gasteiger partial charge in [0, 0.05) is 18.5 Å². The Kier molecular flexibility index (Phi) is 7.71. The Morgan fingerprint density at radius 1 is 1.00 bits per heavy atom. The summed E-state index contributed by atoms with van der Waals surface area (Å²) in [6.07, 6.45) is 2.71. The largest absolute Gasteiger partial charge is 0.494 e. The van der Waals surface area contributed by atoms with Crippen LogP contribution in [0.4, 0.5) is 8.78 Å². The molecule has 1 N–H and O–H groups in total. The molecule has 0 spiro atoms. The van der Waals surface area contributed by atoms with Crippen LogP contribution >= 0.6 is 0 Å². The van der Waals surface area contributed by atoms with Crippen LogP contribution in [0.3, 0.4) is 0 Å². The molecule has 1 amide bonds. The smallest absolute Gasteiger partial charge is 0.388 e. The van der Waals surface area contributed by atoms with Crippen LogP contribution in [-0.4, -0.2) is 64.9 Å². The molecule has 3 heterocycles. The third-order valence-corrected chi connectivity index (χ3v) is 5.98. The number of benzene rings is 1. The minimum Gasteiger partial charge on any atom is -0.494 e. The number of alkyl halides is 2. The molecule has 1 aromatic carbocycles. The maximum Gasteiger partial charge on any atom is 0.388 e. The molecule has 0 saturated heterocycles. The van der Waals surface area contributed by atoms with E-state index in [9.17, 15) is 22.0 Å². The Morgan fingerprint density at radius 2 is 1.66 bits per heavy atom. The molecule has 16 heteroatoms. The number of para-hydroxylation sites is 1. The van der Waals surface area contributed by atoms with E-state index in [2.05, 4.69) is 29.9 Å². The van der Waals surface area contributed by atoms with Crippen LogP contribution in [0.15, 0.2) is 54.9 Å². The van der Waals surface area contributed by atoms with Gasteiger partial charge in [0.2, 0.25) is 21.7 Å². The molecule has 0 bridgehead atoms. The van der Waals surface area contributed by atoms with Crippen LogP contribution in [-0.2, 0) is 15.8 Å². The molecule has 0 fully saturated rings. The quantitative estimate of drug-likeness (QED) is 0.309. The fourth-order valence-electron chi connectivity index (χ4n) is 3.35. The standard InChI is InChI=1S/C22H19F2N7O6S/c1-35-14-7-4-8-15(36-2)18(14)31-19(13-6-3-9-17(27-13)37-22(23)24)28-29-20(31)21(32)30-38(33,34)12-16-25-10-5-11-26-16/h3-11,22H,12H2,1-2H3,(H,30,32). The summed E-state index contributed by atoms with van der Waals surface area (Å²) in [6.45, 7) is -3.13. The predicted octanol–water partition coefficient (Wildman–Crippen LogP) is 2.00. The van der Waals surface area contributed by atoms with Crippen molar-refractivity contribution >= 4 is 15.9 Å². The van der Waals surface area contributed by atoms with Gasteiger partial charge in [-0.1, -0.05) is 12.1 Å². The monoisotopic (exact) mass is 547 g/mol. The average Bonchev–Trinajstić information content (AvgIpc) is 3.33. The molecule has 0 aliphatic heterocycles. The summed E-state index contributed by atoms with van der Waals surface area (Å²) in [5.41, 5.74) is 0.0941. The van der Waals surface area contributed by atoms with Crippen molar-refractivity contribution in [3.63, 3.8) is 0 Å². The summed E-state index contributed by atoms with van der Waals surface area (Å²) in [4.78, 5) is 24.9. The van der Waals surface area contributed by atoms with E-state index in [0.29, 0.717) is 0 Å². The van der Waals surface area contributed by atoms with Crippen molar-refractivity contribution in [3.05, 3.63) is 66.5 Å². The molecular formula is C22H19F2N7O6S. The zero-order valence-corrected chi connectivity index (χ0v) is 20.6. The van der Waals surface area contributed by atoms with E-state index in [0.717, 1.165) is 4.57 Å². The number of nitrogens with one attached hydrogen (secondary N) is 1. The average molecular weight is 548 g/mol. The fraction of sp³-hybridized carbons (Fsp3) is 0.182. The Balaban J connectivity index is 1.84. The lowest BCUT2D eigenvalue weighted by molar-refractivity contribution is -0.0527. The van der Waals surface area contributed by atoms with Gasteiger partial charge >= 0.3 is 12.5 Å². The van der Waals surface area contributed by atoms with Crippen LogP contribution in [0.1, 0.15) is 16.4 Å². The Morgan fingerprint density at radius 3 is 2.29 bits per heavy atom. The number of rotatable bonds is 10. The van der Waals surface area contributed by atoms with Crippen LogP contribution < -0.4 is 18.9 Å². The van der Waals surface area contributed by atoms with E-state index in [1.165, 1.54) is 50.9 Å². The van der Waals surface area contributed by atoms with Gasteiger partial charge in [0.15, 0.2) is 5.82 Å². The maximum atomic E-state index is 13.2. The molecule has 0 aliphatic rings. The number of carbonyl (C=O) groups excluding carboxylic acids is 1. The number of hydrogen-bond donors (Lipinski definition) is 1. The summed E-state index contributed by atoms with van der Waals surface area (Å²) in [6, 6.07) is 10.2. The second kappa shape index (κ2) is 11.1. The van der Waals surface area contributed by atoms with Gasteiger partial charge in [-0.3, -0.25) is 9.36 Å². The molecule has 0 radical (unpaired) electrons. The molecular weight excluding hydrogens is 528 g/mol. The van der Waals surface area contributed by atoms with Crippen molar-refractivity contribution in [1.82, 2.24) is 34.4 Å². The minimum atomic E-state index is -4.28. The fourth-order valence-corrected chi connectivity index (χ4v) is 4.29. The first-order chi connectivity index (χ1) is 18.2. The predicted molar refractivity (Wildman–Crippen MR) is 126 cm³/mol. The van der Waals surface area contributed by atoms with Crippen molar-refractivity contribution in [2.45, 2.75) is 12.4 Å². The molecule has 13 nitrogen and oxygen atoms in total. The van der Waals surface area contributed by atoms with Crippen molar-refractivity contribution < 1.29 is 36.2 Å². The van der Waals surface area contributed by atoms with Gasteiger partial charge in [0.25, 0.3) is 0 Å². The summed E-state index contributed by atoms with van der Waals surface area (Å²) >= 11 is 0. The van der Waals surface area contributed by atoms with E-state index in [1.807, 2.05) is 4.72 Å². The zero-order valence-electron chi connectivity index (χ0n) is 19.8. The second-order valence-electron chi connectivity index (χ2n) is 7.29. The maximum absolute atomic E-state index is 13.2. The lowest BCUT2D eigenvalue weighted by atomic mass is 10.2. The van der Waals surface area contributed by atoms with Gasteiger partial charge in [-0.25, -0.2) is 28.1 Å². The third-order valence-electron chi connectivity index (χ3n) is 4.84. The first kappa shape index (κ1) is 26.3. The van der Waals surface area contributed by atoms with Gasteiger partial charge in [-0.05, 0) is 24.3 Å². The van der Waals surface area contributed by atoms with E-state index < -0.39 is 40.0 Å². The van der Waals surface area contributed by atoms with Gasteiger partial charge < -0.3 is 14.2 Å². The third kappa shape index (κ3) is 5.80. The molecule has 4 rings (SSSR count). The molecule has 0 unspecified atom stereocenters. The number of pyridine rings is 1. The van der Waals surface area contributed by atoms with Crippen LogP contribution in [0.2, 0.25) is 0 Å². The summed E-state index contributed by atoms with van der Waals surface area (Å²) in [5, 5.41) is 7.85. The highest BCUT2D eigenvalue weighted by Crippen LogP contribution is 2.36. The van der Waals surface area contributed by atoms with Gasteiger partial charge in [-0.15, -0.1) is 10.2 Å². The molecule has 0 saturated carbocycles. The SMILES string of the molecule is COc1cccc(OC)c1-n1c(C(=O)NS(=O)(=O)Cc2ncccn2)nnc1-c1cccc(OC(F)F)n1. The van der Waals surface area contributed by atoms with Crippen molar-refractivity contribution in [3.8, 4) is 34.6 Å². The van der Waals surface area contributed by atoms with Crippen LogP contribution in [0.25, 0.3) is 17.2 Å².